The van der Waals surface area contributed by atoms with Gasteiger partial charge in [0, 0.05) is 40.9 Å². The summed E-state index contributed by atoms with van der Waals surface area (Å²) in [6, 6.07) is 20.9. The Labute approximate surface area is 330 Å². The molecule has 0 amide bonds. The number of aliphatic carboxylic acids is 2. The number of fused-ring (bicyclic) bond motifs is 1. The van der Waals surface area contributed by atoms with E-state index in [1.54, 1.807) is 0 Å². The standard InChI is InChI=1S/C36H50N2O2Si4.2C2H4O2.Co/c1-41(2,3)28-19-26(35(39)32(21-28)43(7,8)9)23-37-30-17-13-15-25-16-14-18-31(34(25)30)38-24-27-20-29(42(4,5)6)22-33(36(27)40)44(10,11)12;2*1-2(3)4;/h13-24,39-40H,1-12H3;2*1H3,(H,3,4);/q;;;+2/p-2. The van der Waals surface area contributed by atoms with Crippen LogP contribution in [-0.4, -0.2) is 66.9 Å². The first-order valence-electron chi connectivity index (χ1n) is 17.4. The molecule has 0 fully saturated rings. The third-order valence-corrected chi connectivity index (χ3v) is 16.2. The molecule has 8 nitrogen and oxygen atoms in total. The van der Waals surface area contributed by atoms with Gasteiger partial charge in [-0.25, -0.2) is 0 Å². The summed E-state index contributed by atoms with van der Waals surface area (Å²) in [6.45, 7) is 29.6. The number of hydrogen-bond acceptors (Lipinski definition) is 8. The van der Waals surface area contributed by atoms with Gasteiger partial charge in [0.15, 0.2) is 0 Å². The van der Waals surface area contributed by atoms with Gasteiger partial charge in [-0.05, 0) is 41.7 Å². The van der Waals surface area contributed by atoms with E-state index in [0.29, 0.717) is 11.5 Å². The molecule has 4 aromatic carbocycles. The first kappa shape index (κ1) is 47.4. The van der Waals surface area contributed by atoms with Gasteiger partial charge in [0.1, 0.15) is 11.5 Å². The van der Waals surface area contributed by atoms with Crippen LogP contribution in [0.5, 0.6) is 11.5 Å². The SMILES string of the molecule is CC(=O)[O-].CC(=O)[O-].C[Si](C)(C)c1cc(C=Nc2cccc3cccc(N=Cc4cc([Si](C)(C)C)cc([Si](C)(C)C)c4O)c23)c(O)c([Si](C)(C)C)c1.[Co+2]. The van der Waals surface area contributed by atoms with Crippen LogP contribution in [0, 0.1) is 0 Å². The van der Waals surface area contributed by atoms with Gasteiger partial charge in [0.05, 0.1) is 43.7 Å². The first-order chi connectivity index (χ1) is 23.6. The van der Waals surface area contributed by atoms with E-state index in [-0.39, 0.29) is 16.8 Å². The van der Waals surface area contributed by atoms with Crippen LogP contribution in [0.15, 0.2) is 70.6 Å². The number of aromatic hydroxyl groups is 2. The molecule has 0 aromatic heterocycles. The maximum atomic E-state index is 11.4. The summed E-state index contributed by atoms with van der Waals surface area (Å²) in [5, 5.41) is 47.3. The second-order valence-electron chi connectivity index (χ2n) is 17.1. The van der Waals surface area contributed by atoms with Crippen molar-refractivity contribution in [1.82, 2.24) is 0 Å². The predicted molar refractivity (Wildman–Crippen MR) is 228 cm³/mol. The minimum Gasteiger partial charge on any atom is -0.550 e. The number of nitrogens with zero attached hydrogens (tertiary/aromatic N) is 2. The first-order valence-corrected chi connectivity index (χ1v) is 31.4. The number of phenols is 2. The third kappa shape index (κ3) is 14.0. The van der Waals surface area contributed by atoms with Crippen molar-refractivity contribution in [2.75, 3.05) is 0 Å². The molecule has 0 aliphatic heterocycles. The molecular weight excluding hydrogens is 776 g/mol. The Balaban J connectivity index is 0.00000142. The van der Waals surface area contributed by atoms with Gasteiger partial charge in [-0.3, -0.25) is 9.98 Å². The van der Waals surface area contributed by atoms with Crippen LogP contribution < -0.4 is 31.0 Å². The third-order valence-electron chi connectivity index (χ3n) is 8.17. The number of carbonyl (C=O) groups is 2. The van der Waals surface area contributed by atoms with E-state index < -0.39 is 44.2 Å². The Bertz CT molecular complexity index is 1840. The summed E-state index contributed by atoms with van der Waals surface area (Å²) in [5.74, 6) is -1.46. The van der Waals surface area contributed by atoms with Gasteiger partial charge in [-0.15, -0.1) is 0 Å². The number of hydrogen-bond donors (Lipinski definition) is 2. The number of rotatable bonds is 8. The molecule has 287 valence electrons. The van der Waals surface area contributed by atoms with Crippen molar-refractivity contribution in [3.63, 3.8) is 0 Å². The second-order valence-corrected chi connectivity index (χ2v) is 37.3. The van der Waals surface area contributed by atoms with E-state index in [2.05, 4.69) is 115 Å². The maximum absolute atomic E-state index is 11.4. The summed E-state index contributed by atoms with van der Waals surface area (Å²) in [4.78, 5) is 27.7. The molecule has 2 N–H and O–H groups in total. The van der Waals surface area contributed by atoms with Crippen LogP contribution in [0.3, 0.4) is 0 Å². The molecule has 0 saturated heterocycles. The molecule has 0 unspecified atom stereocenters. The largest absolute Gasteiger partial charge is 2.00 e. The topological polar surface area (TPSA) is 145 Å². The van der Waals surface area contributed by atoms with Crippen LogP contribution in [-0.2, 0) is 26.4 Å². The monoisotopic (exact) mass is 831 g/mol. The van der Waals surface area contributed by atoms with Gasteiger partial charge in [0.2, 0.25) is 0 Å². The van der Waals surface area contributed by atoms with Crippen LogP contribution in [0.2, 0.25) is 78.6 Å². The average Bonchev–Trinajstić information content (AvgIpc) is 2.97. The van der Waals surface area contributed by atoms with Crippen LogP contribution in [0.25, 0.3) is 10.8 Å². The number of carboxylic acid groups (broad SMARTS) is 2. The molecule has 4 aromatic rings. The van der Waals surface area contributed by atoms with E-state index in [1.807, 2.05) is 36.7 Å². The van der Waals surface area contributed by atoms with E-state index in [9.17, 15) is 10.2 Å². The predicted octanol–water partition coefficient (Wildman–Crippen LogP) is 5.44. The van der Waals surface area contributed by atoms with Crippen molar-refractivity contribution in [1.29, 1.82) is 0 Å². The number of carboxylic acids is 2. The van der Waals surface area contributed by atoms with Crippen LogP contribution in [0.1, 0.15) is 25.0 Å². The summed E-state index contributed by atoms with van der Waals surface area (Å²) >= 11 is 0. The minimum absolute atomic E-state index is 0. The summed E-state index contributed by atoms with van der Waals surface area (Å²) < 4.78 is 0. The number of aliphatic imine (C=N–C) groups is 2. The number of carbonyl (C=O) groups excluding carboxylic acids is 2. The molecule has 0 aliphatic rings. The molecule has 0 bridgehead atoms. The fourth-order valence-corrected chi connectivity index (χ4v) is 10.8. The van der Waals surface area contributed by atoms with Crippen molar-refractivity contribution in [2.45, 2.75) is 92.4 Å². The molecule has 13 heteroatoms. The quantitative estimate of drug-likeness (QED) is 0.179. The Morgan fingerprint density at radius 3 is 1.13 bits per heavy atom. The molecule has 0 spiro atoms. The molecule has 0 aliphatic carbocycles. The van der Waals surface area contributed by atoms with Crippen molar-refractivity contribution < 1.29 is 46.8 Å². The van der Waals surface area contributed by atoms with E-state index in [4.69, 9.17) is 29.8 Å². The number of phenolic OH excluding ortho intramolecular Hbond substituents is 2. The van der Waals surface area contributed by atoms with E-state index >= 15 is 0 Å². The zero-order valence-corrected chi connectivity index (χ0v) is 38.7. The summed E-state index contributed by atoms with van der Waals surface area (Å²) in [5.41, 5.74) is 3.13. The van der Waals surface area contributed by atoms with Crippen molar-refractivity contribution in [3.8, 4) is 11.5 Å². The van der Waals surface area contributed by atoms with Gasteiger partial charge < -0.3 is 30.0 Å². The van der Waals surface area contributed by atoms with Crippen LogP contribution >= 0.6 is 0 Å². The van der Waals surface area contributed by atoms with Gasteiger partial charge in [0.25, 0.3) is 0 Å². The zero-order valence-electron chi connectivity index (χ0n) is 33.7. The van der Waals surface area contributed by atoms with E-state index in [1.165, 1.54) is 10.4 Å². The van der Waals surface area contributed by atoms with Gasteiger partial charge in [-0.1, -0.05) is 137 Å². The fourth-order valence-electron chi connectivity index (χ4n) is 5.32. The molecule has 0 saturated carbocycles. The van der Waals surface area contributed by atoms with Crippen molar-refractivity contribution in [2.24, 2.45) is 9.98 Å². The van der Waals surface area contributed by atoms with Gasteiger partial charge >= 0.3 is 16.8 Å². The Morgan fingerprint density at radius 1 is 0.566 bits per heavy atom. The molecule has 53 heavy (non-hydrogen) atoms. The second kappa shape index (κ2) is 18.6. The van der Waals surface area contributed by atoms with Gasteiger partial charge in [-0.2, -0.15) is 0 Å². The maximum Gasteiger partial charge on any atom is 2.00 e. The molecule has 1 radical (unpaired) electrons. The fraction of sp³-hybridized carbons (Fsp3) is 0.350. The number of benzene rings is 4. The van der Waals surface area contributed by atoms with Crippen molar-refractivity contribution >= 4 is 99.6 Å². The smallest absolute Gasteiger partial charge is 0.550 e. The van der Waals surface area contributed by atoms with E-state index in [0.717, 1.165) is 57.5 Å². The molecular formula is C40H56CoN2O6Si4. The zero-order chi connectivity index (χ0) is 40.0. The average molecular weight is 832 g/mol. The van der Waals surface area contributed by atoms with Crippen LogP contribution in [0.4, 0.5) is 11.4 Å². The Hall–Kier alpha value is -3.61. The molecule has 0 atom stereocenters. The molecule has 0 heterocycles. The minimum atomic E-state index is -1.78. The molecule has 4 rings (SSSR count). The summed E-state index contributed by atoms with van der Waals surface area (Å²) in [7, 11) is -6.82. The normalized spacial score (nSPS) is 12.1. The Kier molecular flexibility index (Phi) is 16.7. The Morgan fingerprint density at radius 2 is 0.868 bits per heavy atom. The van der Waals surface area contributed by atoms with Crippen molar-refractivity contribution in [3.05, 3.63) is 71.8 Å². The summed E-state index contributed by atoms with van der Waals surface area (Å²) in [6.07, 6.45) is 3.64.